The molecular formula is C20H15F3N4O. The van der Waals surface area contributed by atoms with Gasteiger partial charge in [-0.15, -0.1) is 5.10 Å². The van der Waals surface area contributed by atoms with Crippen molar-refractivity contribution in [3.63, 3.8) is 0 Å². The van der Waals surface area contributed by atoms with Crippen LogP contribution in [0.25, 0.3) is 11.4 Å². The van der Waals surface area contributed by atoms with Gasteiger partial charge in [0.05, 0.1) is 11.9 Å². The molecule has 28 heavy (non-hydrogen) atoms. The Hall–Kier alpha value is -3.29. The van der Waals surface area contributed by atoms with Crippen LogP contribution in [-0.2, 0) is 6.42 Å². The highest BCUT2D eigenvalue weighted by Gasteiger charge is 2.22. The van der Waals surface area contributed by atoms with Crippen LogP contribution in [-0.4, -0.2) is 27.6 Å². The molecule has 2 aromatic heterocycles. The summed E-state index contributed by atoms with van der Waals surface area (Å²) in [5, 5.41) is 10.9. The molecule has 0 saturated carbocycles. The molecule has 1 N–H and O–H groups in total. The minimum Gasteiger partial charge on any atom is -0.352 e. The van der Waals surface area contributed by atoms with Gasteiger partial charge in [0.15, 0.2) is 17.5 Å². The summed E-state index contributed by atoms with van der Waals surface area (Å²) in [7, 11) is 0. The number of aromatic nitrogens is 3. The first-order chi connectivity index (χ1) is 13.5. The van der Waals surface area contributed by atoms with E-state index in [2.05, 4.69) is 20.5 Å². The summed E-state index contributed by atoms with van der Waals surface area (Å²) in [6, 6.07) is 5.30. The quantitative estimate of drug-likeness (QED) is 0.703. The van der Waals surface area contributed by atoms with Crippen LogP contribution < -0.4 is 5.32 Å². The van der Waals surface area contributed by atoms with Gasteiger partial charge in [-0.25, -0.2) is 13.2 Å². The zero-order valence-electron chi connectivity index (χ0n) is 14.8. The van der Waals surface area contributed by atoms with E-state index in [1.165, 1.54) is 12.4 Å². The molecule has 0 fully saturated rings. The van der Waals surface area contributed by atoms with Gasteiger partial charge in [0.25, 0.3) is 5.91 Å². The molecule has 1 aromatic carbocycles. The summed E-state index contributed by atoms with van der Waals surface area (Å²) < 4.78 is 40.4. The number of nitrogens with one attached hydrogen (secondary N) is 1. The fourth-order valence-corrected chi connectivity index (χ4v) is 3.33. The Morgan fingerprint density at radius 3 is 2.61 bits per heavy atom. The number of benzene rings is 1. The molecule has 3 heterocycles. The van der Waals surface area contributed by atoms with E-state index in [4.69, 9.17) is 0 Å². The molecule has 1 aliphatic heterocycles. The Bertz CT molecular complexity index is 1060. The average Bonchev–Trinajstić information content (AvgIpc) is 2.71. The Kier molecular flexibility index (Phi) is 4.54. The Labute approximate surface area is 158 Å². The van der Waals surface area contributed by atoms with Gasteiger partial charge in [0.1, 0.15) is 5.69 Å². The second kappa shape index (κ2) is 7.03. The van der Waals surface area contributed by atoms with E-state index < -0.39 is 23.4 Å². The van der Waals surface area contributed by atoms with Crippen LogP contribution in [0.4, 0.5) is 13.2 Å². The van der Waals surface area contributed by atoms with Crippen LogP contribution in [0, 0.1) is 17.5 Å². The number of rotatable bonds is 3. The van der Waals surface area contributed by atoms with Crippen molar-refractivity contribution < 1.29 is 18.0 Å². The summed E-state index contributed by atoms with van der Waals surface area (Å²) >= 11 is 0. The number of pyridine rings is 1. The highest BCUT2D eigenvalue weighted by atomic mass is 19.2. The van der Waals surface area contributed by atoms with Gasteiger partial charge in [0.2, 0.25) is 0 Å². The monoisotopic (exact) mass is 384 g/mol. The molecule has 0 aliphatic carbocycles. The molecule has 4 rings (SSSR count). The zero-order chi connectivity index (χ0) is 19.8. The van der Waals surface area contributed by atoms with Crippen LogP contribution in [0.15, 0.2) is 36.7 Å². The van der Waals surface area contributed by atoms with E-state index in [1.807, 2.05) is 0 Å². The van der Waals surface area contributed by atoms with Crippen molar-refractivity contribution in [2.75, 3.05) is 6.54 Å². The molecule has 1 atom stereocenters. The molecule has 0 bridgehead atoms. The van der Waals surface area contributed by atoms with E-state index in [0.717, 1.165) is 17.7 Å². The standard InChI is InChI=1S/C20H15F3N4O/c1-10(11-6-15(21)18(23)16(22)7-11)12-8-17(27-26-9-12)19-13-2-5-25-20(28)14(13)3-4-24-19/h3-4,6-10H,2,5H2,1H3,(H,25,28)/t10-/m0/s1. The highest BCUT2D eigenvalue weighted by Crippen LogP contribution is 2.30. The van der Waals surface area contributed by atoms with Crippen LogP contribution in [0.1, 0.15) is 39.9 Å². The first-order valence-corrected chi connectivity index (χ1v) is 8.69. The zero-order valence-corrected chi connectivity index (χ0v) is 14.8. The number of halogens is 3. The molecule has 1 amide bonds. The SMILES string of the molecule is C[C@H](c1cnnc(-c2nccc3c2CCNC3=O)c1)c1cc(F)c(F)c(F)c1. The van der Waals surface area contributed by atoms with E-state index >= 15 is 0 Å². The predicted molar refractivity (Wildman–Crippen MR) is 95.1 cm³/mol. The molecular weight excluding hydrogens is 369 g/mol. The maximum absolute atomic E-state index is 13.6. The number of hydrogen-bond acceptors (Lipinski definition) is 4. The van der Waals surface area contributed by atoms with Crippen LogP contribution in [0.5, 0.6) is 0 Å². The first-order valence-electron chi connectivity index (χ1n) is 8.69. The van der Waals surface area contributed by atoms with Crippen molar-refractivity contribution in [2.45, 2.75) is 19.3 Å². The van der Waals surface area contributed by atoms with Gasteiger partial charge in [-0.05, 0) is 47.4 Å². The third kappa shape index (κ3) is 3.11. The molecule has 0 spiro atoms. The van der Waals surface area contributed by atoms with Gasteiger partial charge in [-0.2, -0.15) is 5.10 Å². The van der Waals surface area contributed by atoms with Crippen LogP contribution in [0.2, 0.25) is 0 Å². The molecule has 1 aliphatic rings. The van der Waals surface area contributed by atoms with Crippen molar-refractivity contribution in [3.05, 3.63) is 76.4 Å². The lowest BCUT2D eigenvalue weighted by Crippen LogP contribution is -2.32. The lowest BCUT2D eigenvalue weighted by molar-refractivity contribution is 0.0946. The smallest absolute Gasteiger partial charge is 0.251 e. The topological polar surface area (TPSA) is 67.8 Å². The van der Waals surface area contributed by atoms with Crippen LogP contribution >= 0.6 is 0 Å². The highest BCUT2D eigenvalue weighted by molar-refractivity contribution is 5.98. The number of fused-ring (bicyclic) bond motifs is 1. The van der Waals surface area contributed by atoms with E-state index in [1.54, 1.807) is 19.1 Å². The third-order valence-electron chi connectivity index (χ3n) is 4.89. The minimum atomic E-state index is -1.50. The summed E-state index contributed by atoms with van der Waals surface area (Å²) in [6.07, 6.45) is 3.62. The first kappa shape index (κ1) is 18.1. The number of nitrogens with zero attached hydrogens (tertiary/aromatic N) is 3. The van der Waals surface area contributed by atoms with Crippen LogP contribution in [0.3, 0.4) is 0 Å². The molecule has 142 valence electrons. The maximum atomic E-state index is 13.6. The predicted octanol–water partition coefficient (Wildman–Crippen LogP) is 3.39. The van der Waals surface area contributed by atoms with Gasteiger partial charge in [-0.3, -0.25) is 9.78 Å². The maximum Gasteiger partial charge on any atom is 0.251 e. The summed E-state index contributed by atoms with van der Waals surface area (Å²) in [5.41, 5.74) is 3.24. The normalized spacial score (nSPS) is 14.4. The number of carbonyl (C=O) groups excluding carboxylic acids is 1. The van der Waals surface area contributed by atoms with Gasteiger partial charge < -0.3 is 5.32 Å². The largest absolute Gasteiger partial charge is 0.352 e. The molecule has 0 unspecified atom stereocenters. The molecule has 0 saturated heterocycles. The molecule has 8 heteroatoms. The number of hydrogen-bond donors (Lipinski definition) is 1. The Morgan fingerprint density at radius 2 is 1.86 bits per heavy atom. The second-order valence-electron chi connectivity index (χ2n) is 6.59. The van der Waals surface area contributed by atoms with Gasteiger partial charge in [0, 0.05) is 24.2 Å². The molecule has 3 aromatic rings. The molecule has 0 radical (unpaired) electrons. The Morgan fingerprint density at radius 1 is 1.11 bits per heavy atom. The van der Waals surface area contributed by atoms with Crippen molar-refractivity contribution in [1.82, 2.24) is 20.5 Å². The summed E-state index contributed by atoms with van der Waals surface area (Å²) in [5.74, 6) is -4.60. The molecule has 5 nitrogen and oxygen atoms in total. The average molecular weight is 384 g/mol. The minimum absolute atomic E-state index is 0.167. The lowest BCUT2D eigenvalue weighted by Gasteiger charge is -2.19. The summed E-state index contributed by atoms with van der Waals surface area (Å²) in [6.45, 7) is 2.23. The van der Waals surface area contributed by atoms with Crippen molar-refractivity contribution in [1.29, 1.82) is 0 Å². The third-order valence-corrected chi connectivity index (χ3v) is 4.89. The summed E-state index contributed by atoms with van der Waals surface area (Å²) in [4.78, 5) is 16.4. The van der Waals surface area contributed by atoms with E-state index in [0.29, 0.717) is 35.5 Å². The fraction of sp³-hybridized carbons (Fsp3) is 0.200. The number of carbonyl (C=O) groups is 1. The van der Waals surface area contributed by atoms with Crippen molar-refractivity contribution in [3.8, 4) is 11.4 Å². The van der Waals surface area contributed by atoms with Crippen molar-refractivity contribution >= 4 is 5.91 Å². The second-order valence-corrected chi connectivity index (χ2v) is 6.59. The van der Waals surface area contributed by atoms with E-state index in [-0.39, 0.29) is 11.5 Å². The van der Waals surface area contributed by atoms with E-state index in [9.17, 15) is 18.0 Å². The number of amides is 1. The van der Waals surface area contributed by atoms with Crippen molar-refractivity contribution in [2.24, 2.45) is 0 Å². The Balaban J connectivity index is 1.75. The van der Waals surface area contributed by atoms with Gasteiger partial charge >= 0.3 is 0 Å². The lowest BCUT2D eigenvalue weighted by atomic mass is 9.92. The van der Waals surface area contributed by atoms with Gasteiger partial charge in [-0.1, -0.05) is 6.92 Å². The fourth-order valence-electron chi connectivity index (χ4n) is 3.33.